The van der Waals surface area contributed by atoms with Crippen molar-refractivity contribution in [2.45, 2.75) is 53.1 Å². The molecule has 0 aromatic rings. The smallest absolute Gasteiger partial charge is 0.306 e. The largest absolute Gasteiger partial charge is 0.462 e. The third-order valence-electron chi connectivity index (χ3n) is 3.53. The van der Waals surface area contributed by atoms with Gasteiger partial charge in [0.25, 0.3) is 0 Å². The first kappa shape index (κ1) is 16.4. The Hall–Kier alpha value is -0.570. The molecule has 0 aliphatic carbocycles. The molecule has 0 fully saturated rings. The first-order valence-electron chi connectivity index (χ1n) is 6.58. The van der Waals surface area contributed by atoms with Crippen LogP contribution in [-0.2, 0) is 9.53 Å². The zero-order valence-electron chi connectivity index (χ0n) is 12.7. The van der Waals surface area contributed by atoms with Gasteiger partial charge in [-0.2, -0.15) is 0 Å². The standard InChI is InChI=1S/C14H30NO2/c1-8-14(3,4)12(2)17-13(16)10-9-11-15(5,6)7/h12H,8-11H2,1-7H3/q+1. The summed E-state index contributed by atoms with van der Waals surface area (Å²) in [7, 11) is 6.40. The van der Waals surface area contributed by atoms with Crippen molar-refractivity contribution < 1.29 is 14.0 Å². The molecular weight excluding hydrogens is 214 g/mol. The van der Waals surface area contributed by atoms with Crippen LogP contribution in [0.15, 0.2) is 0 Å². The van der Waals surface area contributed by atoms with Gasteiger partial charge in [-0.05, 0) is 13.3 Å². The maximum atomic E-state index is 11.7. The van der Waals surface area contributed by atoms with E-state index in [2.05, 4.69) is 41.9 Å². The van der Waals surface area contributed by atoms with E-state index in [1.165, 1.54) is 0 Å². The fourth-order valence-electron chi connectivity index (χ4n) is 1.40. The van der Waals surface area contributed by atoms with Crippen molar-refractivity contribution in [3.8, 4) is 0 Å². The van der Waals surface area contributed by atoms with E-state index < -0.39 is 0 Å². The summed E-state index contributed by atoms with van der Waals surface area (Å²) in [6.07, 6.45) is 2.42. The molecule has 102 valence electrons. The van der Waals surface area contributed by atoms with Crippen LogP contribution in [-0.4, -0.2) is 44.2 Å². The topological polar surface area (TPSA) is 26.3 Å². The fourth-order valence-corrected chi connectivity index (χ4v) is 1.40. The quantitative estimate of drug-likeness (QED) is 0.508. The Balaban J connectivity index is 3.95. The Bertz CT molecular complexity index is 241. The summed E-state index contributed by atoms with van der Waals surface area (Å²) in [5, 5.41) is 0. The van der Waals surface area contributed by atoms with E-state index in [4.69, 9.17) is 4.74 Å². The summed E-state index contributed by atoms with van der Waals surface area (Å²) in [6, 6.07) is 0. The Kier molecular flexibility index (Phi) is 6.17. The second kappa shape index (κ2) is 6.39. The predicted molar refractivity (Wildman–Crippen MR) is 71.8 cm³/mol. The average Bonchev–Trinajstić information content (AvgIpc) is 2.15. The molecule has 0 radical (unpaired) electrons. The van der Waals surface area contributed by atoms with Crippen LogP contribution in [0.2, 0.25) is 0 Å². The van der Waals surface area contributed by atoms with E-state index in [9.17, 15) is 4.79 Å². The number of hydrogen-bond donors (Lipinski definition) is 0. The van der Waals surface area contributed by atoms with Gasteiger partial charge in [0.1, 0.15) is 6.10 Å². The minimum Gasteiger partial charge on any atom is -0.462 e. The molecule has 0 spiro atoms. The third kappa shape index (κ3) is 7.37. The molecule has 0 aliphatic heterocycles. The maximum Gasteiger partial charge on any atom is 0.306 e. The molecule has 0 bridgehead atoms. The van der Waals surface area contributed by atoms with E-state index in [-0.39, 0.29) is 17.5 Å². The van der Waals surface area contributed by atoms with Crippen molar-refractivity contribution in [1.29, 1.82) is 0 Å². The van der Waals surface area contributed by atoms with Crippen LogP contribution in [0.3, 0.4) is 0 Å². The first-order valence-corrected chi connectivity index (χ1v) is 6.58. The lowest BCUT2D eigenvalue weighted by Crippen LogP contribution is -2.36. The number of nitrogens with zero attached hydrogens (tertiary/aromatic N) is 1. The second-order valence-electron chi connectivity index (χ2n) is 6.59. The fraction of sp³-hybridized carbons (Fsp3) is 0.929. The van der Waals surface area contributed by atoms with Crippen molar-refractivity contribution in [1.82, 2.24) is 0 Å². The van der Waals surface area contributed by atoms with Gasteiger partial charge < -0.3 is 9.22 Å². The number of ether oxygens (including phenoxy) is 1. The van der Waals surface area contributed by atoms with Gasteiger partial charge in [-0.1, -0.05) is 20.8 Å². The Morgan fingerprint density at radius 3 is 2.24 bits per heavy atom. The zero-order valence-corrected chi connectivity index (χ0v) is 12.7. The van der Waals surface area contributed by atoms with Crippen molar-refractivity contribution in [3.63, 3.8) is 0 Å². The molecule has 0 saturated carbocycles. The SMILES string of the molecule is CCC(C)(C)C(C)OC(=O)CCC[N+](C)(C)C. The molecule has 17 heavy (non-hydrogen) atoms. The molecule has 3 nitrogen and oxygen atoms in total. The molecule has 0 N–H and O–H groups in total. The van der Waals surface area contributed by atoms with Gasteiger partial charge in [0, 0.05) is 11.8 Å². The molecule has 1 atom stereocenters. The Morgan fingerprint density at radius 1 is 1.29 bits per heavy atom. The molecule has 1 unspecified atom stereocenters. The first-order chi connectivity index (χ1) is 7.58. The Labute approximate surface area is 107 Å². The second-order valence-corrected chi connectivity index (χ2v) is 6.59. The summed E-state index contributed by atoms with van der Waals surface area (Å²) in [5.41, 5.74) is 0.0652. The minimum atomic E-state index is -0.0625. The average molecular weight is 244 g/mol. The van der Waals surface area contributed by atoms with Crippen LogP contribution >= 0.6 is 0 Å². The van der Waals surface area contributed by atoms with E-state index >= 15 is 0 Å². The van der Waals surface area contributed by atoms with Crippen LogP contribution in [0.25, 0.3) is 0 Å². The normalized spacial score (nSPS) is 14.5. The van der Waals surface area contributed by atoms with E-state index in [0.717, 1.165) is 23.9 Å². The number of quaternary nitrogens is 1. The lowest BCUT2D eigenvalue weighted by atomic mass is 9.85. The molecule has 0 saturated heterocycles. The van der Waals surface area contributed by atoms with Crippen molar-refractivity contribution in [2.75, 3.05) is 27.7 Å². The van der Waals surface area contributed by atoms with Gasteiger partial charge in [0.2, 0.25) is 0 Å². The lowest BCUT2D eigenvalue weighted by molar-refractivity contribution is -0.870. The summed E-state index contributed by atoms with van der Waals surface area (Å²) in [4.78, 5) is 11.7. The summed E-state index contributed by atoms with van der Waals surface area (Å²) in [6.45, 7) is 9.39. The van der Waals surface area contributed by atoms with E-state index in [0.29, 0.717) is 6.42 Å². The predicted octanol–water partition coefficient (Wildman–Crippen LogP) is 2.84. The van der Waals surface area contributed by atoms with Crippen LogP contribution in [0.1, 0.15) is 47.0 Å². The monoisotopic (exact) mass is 244 g/mol. The van der Waals surface area contributed by atoms with Gasteiger partial charge in [-0.15, -0.1) is 0 Å². The highest BCUT2D eigenvalue weighted by atomic mass is 16.5. The summed E-state index contributed by atoms with van der Waals surface area (Å²) in [5.74, 6) is -0.0625. The molecule has 3 heteroatoms. The van der Waals surface area contributed by atoms with Crippen LogP contribution in [0, 0.1) is 5.41 Å². The van der Waals surface area contributed by atoms with Crippen molar-refractivity contribution >= 4 is 5.97 Å². The van der Waals surface area contributed by atoms with Crippen molar-refractivity contribution in [3.05, 3.63) is 0 Å². The van der Waals surface area contributed by atoms with Gasteiger partial charge in [-0.3, -0.25) is 4.79 Å². The molecule has 0 rings (SSSR count). The third-order valence-corrected chi connectivity index (χ3v) is 3.53. The number of esters is 1. The summed E-state index contributed by atoms with van der Waals surface area (Å²) < 4.78 is 6.37. The maximum absolute atomic E-state index is 11.7. The summed E-state index contributed by atoms with van der Waals surface area (Å²) >= 11 is 0. The Morgan fingerprint density at radius 2 is 1.82 bits per heavy atom. The number of hydrogen-bond acceptors (Lipinski definition) is 2. The highest BCUT2D eigenvalue weighted by Gasteiger charge is 2.26. The molecule has 0 amide bonds. The van der Waals surface area contributed by atoms with Gasteiger partial charge in [-0.25, -0.2) is 0 Å². The highest BCUT2D eigenvalue weighted by Crippen LogP contribution is 2.27. The molecule has 0 heterocycles. The minimum absolute atomic E-state index is 0.0101. The van der Waals surface area contributed by atoms with Crippen LogP contribution in [0.5, 0.6) is 0 Å². The number of carbonyl (C=O) groups excluding carboxylic acids is 1. The van der Waals surface area contributed by atoms with Crippen molar-refractivity contribution in [2.24, 2.45) is 5.41 Å². The number of carbonyl (C=O) groups is 1. The van der Waals surface area contributed by atoms with Crippen LogP contribution < -0.4 is 0 Å². The molecule has 0 aliphatic rings. The molecule has 0 aromatic heterocycles. The van der Waals surface area contributed by atoms with E-state index in [1.807, 2.05) is 6.92 Å². The van der Waals surface area contributed by atoms with Gasteiger partial charge in [0.05, 0.1) is 34.1 Å². The highest BCUT2D eigenvalue weighted by molar-refractivity contribution is 5.69. The lowest BCUT2D eigenvalue weighted by Gasteiger charge is -2.30. The molecule has 0 aromatic carbocycles. The number of rotatable bonds is 7. The van der Waals surface area contributed by atoms with Gasteiger partial charge in [0.15, 0.2) is 0 Å². The van der Waals surface area contributed by atoms with Gasteiger partial charge >= 0.3 is 5.97 Å². The van der Waals surface area contributed by atoms with Crippen LogP contribution in [0.4, 0.5) is 0 Å². The molecular formula is C14H30NO2+. The van der Waals surface area contributed by atoms with E-state index in [1.54, 1.807) is 0 Å². The zero-order chi connectivity index (χ0) is 13.7.